The van der Waals surface area contributed by atoms with Crippen molar-refractivity contribution in [3.63, 3.8) is 0 Å². The van der Waals surface area contributed by atoms with Crippen molar-refractivity contribution in [3.05, 3.63) is 29.8 Å². The first-order valence-electron chi connectivity index (χ1n) is 7.81. The summed E-state index contributed by atoms with van der Waals surface area (Å²) in [6, 6.07) is 9.47. The van der Waals surface area contributed by atoms with E-state index in [0.29, 0.717) is 12.1 Å². The highest BCUT2D eigenvalue weighted by Gasteiger charge is 2.18. The van der Waals surface area contributed by atoms with E-state index in [1.165, 1.54) is 31.4 Å². The molecule has 0 aliphatic carbocycles. The van der Waals surface area contributed by atoms with Crippen molar-refractivity contribution in [2.75, 3.05) is 27.2 Å². The van der Waals surface area contributed by atoms with Crippen LogP contribution in [0.5, 0.6) is 5.75 Å². The Morgan fingerprint density at radius 3 is 3.00 bits per heavy atom. The van der Waals surface area contributed by atoms with Crippen LogP contribution in [0, 0.1) is 0 Å². The number of piperidine rings is 1. The van der Waals surface area contributed by atoms with Gasteiger partial charge < -0.3 is 15.0 Å². The minimum atomic E-state index is 0.364. The van der Waals surface area contributed by atoms with Crippen LogP contribution in [0.25, 0.3) is 0 Å². The number of rotatable bonds is 6. The minimum Gasteiger partial charge on any atom is -0.494 e. The maximum Gasteiger partial charge on any atom is 0.119 e. The predicted molar refractivity (Wildman–Crippen MR) is 84.3 cm³/mol. The summed E-state index contributed by atoms with van der Waals surface area (Å²) in [6.45, 7) is 4.21. The molecule has 3 heteroatoms. The van der Waals surface area contributed by atoms with E-state index in [9.17, 15) is 0 Å². The number of benzene rings is 1. The molecule has 1 aliphatic rings. The average Bonchev–Trinajstić information content (AvgIpc) is 2.49. The summed E-state index contributed by atoms with van der Waals surface area (Å²) in [5.74, 6) is 0.989. The molecule has 2 atom stereocenters. The second-order valence-electron chi connectivity index (χ2n) is 5.85. The molecule has 0 radical (unpaired) electrons. The Kier molecular flexibility index (Phi) is 5.86. The summed E-state index contributed by atoms with van der Waals surface area (Å²) in [5, 5.41) is 3.26. The van der Waals surface area contributed by atoms with Gasteiger partial charge in [0.15, 0.2) is 0 Å². The van der Waals surface area contributed by atoms with Crippen LogP contribution in [-0.4, -0.2) is 38.2 Å². The van der Waals surface area contributed by atoms with Crippen LogP contribution in [0.15, 0.2) is 24.3 Å². The van der Waals surface area contributed by atoms with E-state index in [-0.39, 0.29) is 0 Å². The Bertz CT molecular complexity index is 408. The normalized spacial score (nSPS) is 21.6. The number of nitrogens with zero attached hydrogens (tertiary/aromatic N) is 1. The lowest BCUT2D eigenvalue weighted by Gasteiger charge is -2.32. The zero-order chi connectivity index (χ0) is 14.4. The van der Waals surface area contributed by atoms with Crippen LogP contribution in [0.1, 0.15) is 44.2 Å². The number of nitrogens with one attached hydrogen (secondary N) is 1. The monoisotopic (exact) mass is 276 g/mol. The molecule has 1 aromatic carbocycles. The molecule has 1 fully saturated rings. The van der Waals surface area contributed by atoms with Crippen molar-refractivity contribution in [1.29, 1.82) is 0 Å². The molecular weight excluding hydrogens is 248 g/mol. The highest BCUT2D eigenvalue weighted by Crippen LogP contribution is 2.21. The molecule has 1 N–H and O–H groups in total. The van der Waals surface area contributed by atoms with E-state index in [1.807, 2.05) is 7.05 Å². The second kappa shape index (κ2) is 7.65. The summed E-state index contributed by atoms with van der Waals surface area (Å²) in [7, 11) is 4.22. The summed E-state index contributed by atoms with van der Waals surface area (Å²) >= 11 is 0. The summed E-state index contributed by atoms with van der Waals surface area (Å²) in [5.41, 5.74) is 1.28. The Balaban J connectivity index is 1.81. The van der Waals surface area contributed by atoms with Crippen LogP contribution in [-0.2, 0) is 0 Å². The standard InChI is InChI=1S/C17H28N2O/c1-14(18-2)15-7-6-9-17(13-15)20-12-10-16-8-4-5-11-19(16)3/h6-7,9,13-14,16,18H,4-5,8,10-12H2,1-3H3. The summed E-state index contributed by atoms with van der Waals surface area (Å²) in [6.07, 6.45) is 5.15. The van der Waals surface area contributed by atoms with Gasteiger partial charge in [0.25, 0.3) is 0 Å². The van der Waals surface area contributed by atoms with Gasteiger partial charge in [-0.3, -0.25) is 0 Å². The maximum absolute atomic E-state index is 5.94. The second-order valence-corrected chi connectivity index (χ2v) is 5.85. The number of hydrogen-bond donors (Lipinski definition) is 1. The van der Waals surface area contributed by atoms with Crippen LogP contribution >= 0.6 is 0 Å². The summed E-state index contributed by atoms with van der Waals surface area (Å²) in [4.78, 5) is 2.48. The topological polar surface area (TPSA) is 24.5 Å². The molecule has 1 aromatic rings. The van der Waals surface area contributed by atoms with Gasteiger partial charge in [-0.1, -0.05) is 18.6 Å². The van der Waals surface area contributed by atoms with Gasteiger partial charge in [0.1, 0.15) is 5.75 Å². The fraction of sp³-hybridized carbons (Fsp3) is 0.647. The fourth-order valence-corrected chi connectivity index (χ4v) is 2.86. The molecule has 2 rings (SSSR count). The maximum atomic E-state index is 5.94. The van der Waals surface area contributed by atoms with E-state index in [2.05, 4.69) is 48.5 Å². The van der Waals surface area contributed by atoms with Crippen molar-refractivity contribution in [3.8, 4) is 5.75 Å². The zero-order valence-electron chi connectivity index (χ0n) is 13.1. The van der Waals surface area contributed by atoms with E-state index in [1.54, 1.807) is 0 Å². The van der Waals surface area contributed by atoms with Gasteiger partial charge in [-0.15, -0.1) is 0 Å². The van der Waals surface area contributed by atoms with Crippen LogP contribution < -0.4 is 10.1 Å². The van der Waals surface area contributed by atoms with Crippen molar-refractivity contribution in [2.45, 2.75) is 44.7 Å². The van der Waals surface area contributed by atoms with E-state index < -0.39 is 0 Å². The van der Waals surface area contributed by atoms with Crippen LogP contribution in [0.4, 0.5) is 0 Å². The molecule has 2 unspecified atom stereocenters. The predicted octanol–water partition coefficient (Wildman–Crippen LogP) is 3.22. The molecule has 0 bridgehead atoms. The van der Waals surface area contributed by atoms with E-state index >= 15 is 0 Å². The quantitative estimate of drug-likeness (QED) is 0.863. The summed E-state index contributed by atoms with van der Waals surface area (Å²) < 4.78 is 5.94. The van der Waals surface area contributed by atoms with Crippen LogP contribution in [0.3, 0.4) is 0 Å². The lowest BCUT2D eigenvalue weighted by molar-refractivity contribution is 0.153. The van der Waals surface area contributed by atoms with E-state index in [0.717, 1.165) is 18.8 Å². The SMILES string of the molecule is CNC(C)c1cccc(OCCC2CCCCN2C)c1. The molecular formula is C17H28N2O. The third kappa shape index (κ3) is 4.22. The molecule has 0 spiro atoms. The molecule has 0 amide bonds. The van der Waals surface area contributed by atoms with Gasteiger partial charge in [0.2, 0.25) is 0 Å². The molecule has 1 saturated heterocycles. The van der Waals surface area contributed by atoms with Crippen molar-refractivity contribution in [1.82, 2.24) is 10.2 Å². The van der Waals surface area contributed by atoms with Gasteiger partial charge in [-0.2, -0.15) is 0 Å². The van der Waals surface area contributed by atoms with Gasteiger partial charge in [-0.05, 0) is 64.5 Å². The Labute approximate surface area is 123 Å². The van der Waals surface area contributed by atoms with Gasteiger partial charge in [-0.25, -0.2) is 0 Å². The smallest absolute Gasteiger partial charge is 0.119 e. The van der Waals surface area contributed by atoms with Gasteiger partial charge in [0, 0.05) is 12.1 Å². The molecule has 1 aliphatic heterocycles. The first kappa shape index (κ1) is 15.3. The lowest BCUT2D eigenvalue weighted by Crippen LogP contribution is -2.37. The third-order valence-electron chi connectivity index (χ3n) is 4.43. The first-order chi connectivity index (χ1) is 9.70. The van der Waals surface area contributed by atoms with E-state index in [4.69, 9.17) is 4.74 Å². The Morgan fingerprint density at radius 2 is 2.25 bits per heavy atom. The van der Waals surface area contributed by atoms with Gasteiger partial charge >= 0.3 is 0 Å². The molecule has 0 saturated carbocycles. The Morgan fingerprint density at radius 1 is 1.40 bits per heavy atom. The highest BCUT2D eigenvalue weighted by atomic mass is 16.5. The molecule has 0 aromatic heterocycles. The number of hydrogen-bond acceptors (Lipinski definition) is 3. The molecule has 1 heterocycles. The first-order valence-corrected chi connectivity index (χ1v) is 7.81. The zero-order valence-corrected chi connectivity index (χ0v) is 13.1. The van der Waals surface area contributed by atoms with Crippen molar-refractivity contribution < 1.29 is 4.74 Å². The number of ether oxygens (including phenoxy) is 1. The van der Waals surface area contributed by atoms with Crippen molar-refractivity contribution in [2.24, 2.45) is 0 Å². The van der Waals surface area contributed by atoms with Gasteiger partial charge in [0.05, 0.1) is 6.61 Å². The third-order valence-corrected chi connectivity index (χ3v) is 4.43. The minimum absolute atomic E-state index is 0.364. The lowest BCUT2D eigenvalue weighted by atomic mass is 10.0. The number of likely N-dealkylation sites (tertiary alicyclic amines) is 1. The fourth-order valence-electron chi connectivity index (χ4n) is 2.86. The van der Waals surface area contributed by atoms with Crippen molar-refractivity contribution >= 4 is 0 Å². The largest absolute Gasteiger partial charge is 0.494 e. The Hall–Kier alpha value is -1.06. The molecule has 3 nitrogen and oxygen atoms in total. The average molecular weight is 276 g/mol. The molecule has 20 heavy (non-hydrogen) atoms. The highest BCUT2D eigenvalue weighted by molar-refractivity contribution is 5.30. The molecule has 112 valence electrons. The van der Waals surface area contributed by atoms with Crippen LogP contribution in [0.2, 0.25) is 0 Å².